The van der Waals surface area contributed by atoms with E-state index in [4.69, 9.17) is 15.7 Å². The Morgan fingerprint density at radius 3 is 2.50 bits per heavy atom. The van der Waals surface area contributed by atoms with Gasteiger partial charge < -0.3 is 10.5 Å². The van der Waals surface area contributed by atoms with Gasteiger partial charge in [0.15, 0.2) is 0 Å². The number of hydrogen-bond donors (Lipinski definition) is 2. The lowest BCUT2D eigenvalue weighted by Crippen LogP contribution is -1.91. The summed E-state index contributed by atoms with van der Waals surface area (Å²) < 4.78 is 4.90. The van der Waals surface area contributed by atoms with Crippen molar-refractivity contribution in [3.05, 3.63) is 41.2 Å². The number of methoxy groups -OCH3 is 1. The number of nitrogen functional groups attached to an aromatic ring is 1. The van der Waals surface area contributed by atoms with Crippen LogP contribution in [0.15, 0.2) is 24.4 Å². The normalized spacial score (nSPS) is 9.00. The molecule has 0 saturated heterocycles. The molecule has 2 rings (SSSR count). The molecule has 1 aromatic carbocycles. The lowest BCUT2D eigenvalue weighted by molar-refractivity contribution is 0.415. The van der Waals surface area contributed by atoms with Gasteiger partial charge in [-0.15, -0.1) is 0 Å². The Kier molecular flexibility index (Phi) is 4.76. The Labute approximate surface area is 106 Å². The molecule has 2 aromatic rings. The summed E-state index contributed by atoms with van der Waals surface area (Å²) in [5.74, 6) is 0.649. The highest BCUT2D eigenvalue weighted by Crippen LogP contribution is 2.17. The van der Waals surface area contributed by atoms with Crippen molar-refractivity contribution in [1.82, 2.24) is 10.2 Å². The topological polar surface area (TPSA) is 87.7 Å². The van der Waals surface area contributed by atoms with E-state index in [9.17, 15) is 0 Å². The van der Waals surface area contributed by atoms with Crippen LogP contribution in [0.4, 0.5) is 5.69 Å². The van der Waals surface area contributed by atoms with Gasteiger partial charge in [-0.05, 0) is 37.6 Å². The lowest BCUT2D eigenvalue weighted by Gasteiger charge is -2.00. The SMILES string of the molecule is COc1ccc(N)c(C#N)c1.Cc1cn[nH]c1C. The van der Waals surface area contributed by atoms with E-state index in [0.717, 1.165) is 5.69 Å². The molecular formula is C13H16N4O. The molecule has 1 heterocycles. The Bertz CT molecular complexity index is 538. The van der Waals surface area contributed by atoms with E-state index >= 15 is 0 Å². The van der Waals surface area contributed by atoms with Crippen molar-refractivity contribution in [3.8, 4) is 11.8 Å². The Morgan fingerprint density at radius 1 is 1.39 bits per heavy atom. The molecule has 94 valence electrons. The fraction of sp³-hybridized carbons (Fsp3) is 0.231. The molecule has 0 unspecified atom stereocenters. The smallest absolute Gasteiger partial charge is 0.120 e. The first-order valence-corrected chi connectivity index (χ1v) is 5.38. The summed E-state index contributed by atoms with van der Waals surface area (Å²) in [6, 6.07) is 6.94. The molecule has 0 aliphatic rings. The van der Waals surface area contributed by atoms with Gasteiger partial charge >= 0.3 is 0 Å². The van der Waals surface area contributed by atoms with Crippen LogP contribution in [0.2, 0.25) is 0 Å². The summed E-state index contributed by atoms with van der Waals surface area (Å²) in [4.78, 5) is 0. The number of nitriles is 1. The second-order valence-corrected chi connectivity index (χ2v) is 3.74. The minimum absolute atomic E-state index is 0.448. The van der Waals surface area contributed by atoms with E-state index in [1.165, 1.54) is 5.56 Å². The molecule has 0 fully saturated rings. The van der Waals surface area contributed by atoms with Gasteiger partial charge in [-0.2, -0.15) is 10.4 Å². The number of anilines is 1. The summed E-state index contributed by atoms with van der Waals surface area (Å²) in [5.41, 5.74) is 8.78. The van der Waals surface area contributed by atoms with Crippen molar-refractivity contribution in [2.75, 3.05) is 12.8 Å². The molecule has 18 heavy (non-hydrogen) atoms. The fourth-order valence-corrected chi connectivity index (χ4v) is 1.17. The van der Waals surface area contributed by atoms with E-state index in [0.29, 0.717) is 17.0 Å². The zero-order chi connectivity index (χ0) is 13.5. The third-order valence-electron chi connectivity index (χ3n) is 2.46. The van der Waals surface area contributed by atoms with Crippen LogP contribution in [0.1, 0.15) is 16.8 Å². The molecule has 5 nitrogen and oxygen atoms in total. The highest BCUT2D eigenvalue weighted by Gasteiger charge is 1.98. The molecule has 5 heteroatoms. The zero-order valence-corrected chi connectivity index (χ0v) is 10.7. The first-order valence-electron chi connectivity index (χ1n) is 5.38. The number of benzene rings is 1. The number of nitrogens with zero attached hydrogens (tertiary/aromatic N) is 2. The summed E-state index contributed by atoms with van der Waals surface area (Å²) in [6.07, 6.45) is 1.81. The molecule has 0 saturated carbocycles. The number of aromatic nitrogens is 2. The van der Waals surface area contributed by atoms with Gasteiger partial charge in [-0.1, -0.05) is 0 Å². The van der Waals surface area contributed by atoms with Gasteiger partial charge in [0.05, 0.1) is 18.9 Å². The van der Waals surface area contributed by atoms with Gasteiger partial charge in [0, 0.05) is 11.4 Å². The van der Waals surface area contributed by atoms with Gasteiger partial charge in [-0.3, -0.25) is 5.10 Å². The largest absolute Gasteiger partial charge is 0.497 e. The van der Waals surface area contributed by atoms with Crippen molar-refractivity contribution in [2.24, 2.45) is 0 Å². The van der Waals surface area contributed by atoms with Crippen LogP contribution in [0, 0.1) is 25.2 Å². The van der Waals surface area contributed by atoms with Crippen LogP contribution < -0.4 is 10.5 Å². The van der Waals surface area contributed by atoms with Crippen LogP contribution in [-0.4, -0.2) is 17.3 Å². The first-order chi connectivity index (χ1) is 8.58. The lowest BCUT2D eigenvalue weighted by atomic mass is 10.2. The molecule has 0 aliphatic heterocycles. The highest BCUT2D eigenvalue weighted by molar-refractivity contribution is 5.56. The summed E-state index contributed by atoms with van der Waals surface area (Å²) >= 11 is 0. The number of hydrogen-bond acceptors (Lipinski definition) is 4. The van der Waals surface area contributed by atoms with Gasteiger partial charge in [0.25, 0.3) is 0 Å². The molecule has 3 N–H and O–H groups in total. The van der Waals surface area contributed by atoms with Gasteiger partial charge in [0.1, 0.15) is 11.8 Å². The summed E-state index contributed by atoms with van der Waals surface area (Å²) in [5, 5.41) is 15.2. The molecule has 0 spiro atoms. The van der Waals surface area contributed by atoms with Crippen LogP contribution in [0.5, 0.6) is 5.75 Å². The molecule has 1 aromatic heterocycles. The summed E-state index contributed by atoms with van der Waals surface area (Å²) in [7, 11) is 1.55. The van der Waals surface area contributed by atoms with E-state index in [1.807, 2.05) is 26.1 Å². The number of nitrogens with two attached hydrogens (primary N) is 1. The first kappa shape index (κ1) is 13.6. The van der Waals surface area contributed by atoms with Crippen molar-refractivity contribution in [3.63, 3.8) is 0 Å². The van der Waals surface area contributed by atoms with Crippen molar-refractivity contribution >= 4 is 5.69 Å². The second-order valence-electron chi connectivity index (χ2n) is 3.74. The molecule has 0 amide bonds. The standard InChI is InChI=1S/C8H8N2O.C5H8N2/c1-11-7-2-3-8(10)6(4-7)5-9;1-4-3-6-7-5(4)2/h2-4H,10H2,1H3;3H,1-2H3,(H,6,7). The minimum Gasteiger partial charge on any atom is -0.497 e. The predicted octanol–water partition coefficient (Wildman–Crippen LogP) is 2.18. The number of H-pyrrole nitrogens is 1. The quantitative estimate of drug-likeness (QED) is 0.752. The van der Waals surface area contributed by atoms with Crippen LogP contribution in [0.25, 0.3) is 0 Å². The van der Waals surface area contributed by atoms with Gasteiger partial charge in [0.2, 0.25) is 0 Å². The van der Waals surface area contributed by atoms with Crippen molar-refractivity contribution < 1.29 is 4.74 Å². The highest BCUT2D eigenvalue weighted by atomic mass is 16.5. The zero-order valence-electron chi connectivity index (χ0n) is 10.7. The van der Waals surface area contributed by atoms with Gasteiger partial charge in [-0.25, -0.2) is 0 Å². The molecule has 0 aliphatic carbocycles. The van der Waals surface area contributed by atoms with E-state index < -0.39 is 0 Å². The predicted molar refractivity (Wildman–Crippen MR) is 70.2 cm³/mol. The Morgan fingerprint density at radius 2 is 2.11 bits per heavy atom. The van der Waals surface area contributed by atoms with E-state index in [1.54, 1.807) is 25.3 Å². The number of rotatable bonds is 1. The van der Waals surface area contributed by atoms with E-state index in [-0.39, 0.29) is 0 Å². The number of nitrogens with one attached hydrogen (secondary N) is 1. The second kappa shape index (κ2) is 6.30. The minimum atomic E-state index is 0.448. The average Bonchev–Trinajstić information content (AvgIpc) is 2.75. The van der Waals surface area contributed by atoms with E-state index in [2.05, 4.69) is 10.2 Å². The fourth-order valence-electron chi connectivity index (χ4n) is 1.17. The third-order valence-corrected chi connectivity index (χ3v) is 2.46. The molecule has 0 bridgehead atoms. The molecule has 0 radical (unpaired) electrons. The summed E-state index contributed by atoms with van der Waals surface area (Å²) in [6.45, 7) is 4.03. The number of aryl methyl sites for hydroxylation is 2. The third kappa shape index (κ3) is 3.52. The average molecular weight is 244 g/mol. The number of aromatic amines is 1. The molecular weight excluding hydrogens is 228 g/mol. The van der Waals surface area contributed by atoms with Crippen LogP contribution in [-0.2, 0) is 0 Å². The molecule has 0 atom stereocenters. The van der Waals surface area contributed by atoms with Crippen LogP contribution >= 0.6 is 0 Å². The maximum atomic E-state index is 8.55. The maximum Gasteiger partial charge on any atom is 0.120 e. The van der Waals surface area contributed by atoms with Crippen molar-refractivity contribution in [2.45, 2.75) is 13.8 Å². The van der Waals surface area contributed by atoms with Crippen molar-refractivity contribution in [1.29, 1.82) is 5.26 Å². The Balaban J connectivity index is 0.000000199. The van der Waals surface area contributed by atoms with Crippen LogP contribution in [0.3, 0.4) is 0 Å². The monoisotopic (exact) mass is 244 g/mol. The Hall–Kier alpha value is -2.48. The maximum absolute atomic E-state index is 8.55. The number of ether oxygens (including phenoxy) is 1.